The van der Waals surface area contributed by atoms with Gasteiger partial charge in [-0.05, 0) is 45.7 Å². The monoisotopic (exact) mass is 460 g/mol. The average Bonchev–Trinajstić information content (AvgIpc) is 3.37. The number of hydrogen-bond acceptors (Lipinski definition) is 7. The van der Waals surface area contributed by atoms with Gasteiger partial charge in [-0.15, -0.1) is 0 Å². The van der Waals surface area contributed by atoms with Crippen LogP contribution in [-0.2, 0) is 4.74 Å². The Labute approximate surface area is 194 Å². The number of nitriles is 1. The smallest absolute Gasteiger partial charge is 0.410 e. The molecule has 1 saturated heterocycles. The van der Waals surface area contributed by atoms with Crippen molar-refractivity contribution < 1.29 is 9.53 Å². The average molecular weight is 460 g/mol. The third-order valence-corrected chi connectivity index (χ3v) is 5.76. The predicted octanol–water partition coefficient (Wildman–Crippen LogP) is 2.88. The normalized spacial score (nSPS) is 16.6. The fourth-order valence-electron chi connectivity index (χ4n) is 4.27. The second-order valence-corrected chi connectivity index (χ2v) is 9.37. The summed E-state index contributed by atoms with van der Waals surface area (Å²) in [6, 6.07) is 5.27. The molecule has 0 spiro atoms. The SMILES string of the molecule is CC(C)(C)OC(=O)N1CCC[C@@H](n2c(=O)[nH]c3cnc(-c4cnn5ccc(C#N)cc45)nc32)C1. The van der Waals surface area contributed by atoms with Gasteiger partial charge in [-0.2, -0.15) is 10.4 Å². The van der Waals surface area contributed by atoms with Gasteiger partial charge in [-0.25, -0.2) is 24.1 Å². The number of nitrogens with one attached hydrogen (secondary N) is 1. The van der Waals surface area contributed by atoms with E-state index in [1.807, 2.05) is 20.8 Å². The lowest BCUT2D eigenvalue weighted by molar-refractivity contribution is 0.0172. The molecule has 0 aromatic carbocycles. The lowest BCUT2D eigenvalue weighted by Crippen LogP contribution is -2.44. The van der Waals surface area contributed by atoms with E-state index in [1.165, 1.54) is 0 Å². The number of H-pyrrole nitrogens is 1. The summed E-state index contributed by atoms with van der Waals surface area (Å²) in [5, 5.41) is 13.6. The van der Waals surface area contributed by atoms with Crippen LogP contribution in [0.15, 0.2) is 35.5 Å². The zero-order chi connectivity index (χ0) is 24.0. The van der Waals surface area contributed by atoms with Crippen LogP contribution in [0.2, 0.25) is 0 Å². The summed E-state index contributed by atoms with van der Waals surface area (Å²) in [5.74, 6) is 0.394. The second-order valence-electron chi connectivity index (χ2n) is 9.37. The van der Waals surface area contributed by atoms with E-state index in [0.717, 1.165) is 12.8 Å². The van der Waals surface area contributed by atoms with E-state index < -0.39 is 5.60 Å². The minimum Gasteiger partial charge on any atom is -0.444 e. The van der Waals surface area contributed by atoms with E-state index in [9.17, 15) is 14.9 Å². The number of likely N-dealkylation sites (tertiary alicyclic amines) is 1. The van der Waals surface area contributed by atoms with Gasteiger partial charge in [0.15, 0.2) is 11.5 Å². The molecule has 0 aliphatic carbocycles. The molecule has 34 heavy (non-hydrogen) atoms. The van der Waals surface area contributed by atoms with Crippen LogP contribution >= 0.6 is 0 Å². The Morgan fingerprint density at radius 2 is 2.15 bits per heavy atom. The summed E-state index contributed by atoms with van der Waals surface area (Å²) in [5.41, 5.74) is 1.92. The lowest BCUT2D eigenvalue weighted by atomic mass is 10.1. The number of nitrogens with zero attached hydrogens (tertiary/aromatic N) is 7. The quantitative estimate of drug-likeness (QED) is 0.486. The van der Waals surface area contributed by atoms with E-state index in [0.29, 0.717) is 46.7 Å². The summed E-state index contributed by atoms with van der Waals surface area (Å²) in [4.78, 5) is 39.1. The van der Waals surface area contributed by atoms with Gasteiger partial charge in [0.2, 0.25) is 0 Å². The third kappa shape index (κ3) is 3.87. The molecule has 5 rings (SSSR count). The molecule has 174 valence electrons. The summed E-state index contributed by atoms with van der Waals surface area (Å²) >= 11 is 0. The molecule has 1 fully saturated rings. The standard InChI is InChI=1S/C23H24N8O3/c1-23(2,3)34-22(33)29-7-4-5-15(13-29)31-20-17(27-21(31)32)12-25-19(28-20)16-11-26-30-8-6-14(10-24)9-18(16)30/h6,8-9,11-12,15H,4-5,7,13H2,1-3H3,(H,27,32)/t15-/m1/s1. The highest BCUT2D eigenvalue weighted by molar-refractivity contribution is 5.80. The molecule has 5 heterocycles. The molecule has 1 N–H and O–H groups in total. The van der Waals surface area contributed by atoms with Gasteiger partial charge in [0, 0.05) is 19.3 Å². The Morgan fingerprint density at radius 1 is 1.32 bits per heavy atom. The zero-order valence-electron chi connectivity index (χ0n) is 19.1. The van der Waals surface area contributed by atoms with Crippen molar-refractivity contribution in [2.45, 2.75) is 45.3 Å². The first-order chi connectivity index (χ1) is 16.2. The van der Waals surface area contributed by atoms with Gasteiger partial charge >= 0.3 is 11.8 Å². The second kappa shape index (κ2) is 7.98. The number of piperidine rings is 1. The first kappa shape index (κ1) is 21.6. The molecular weight excluding hydrogens is 436 g/mol. The third-order valence-electron chi connectivity index (χ3n) is 5.76. The van der Waals surface area contributed by atoms with Crippen molar-refractivity contribution in [3.63, 3.8) is 0 Å². The topological polar surface area (TPSA) is 134 Å². The van der Waals surface area contributed by atoms with E-state index in [2.05, 4.69) is 21.1 Å². The summed E-state index contributed by atoms with van der Waals surface area (Å²) in [6.45, 7) is 6.41. The van der Waals surface area contributed by atoms with Crippen LogP contribution in [-0.4, -0.2) is 58.8 Å². The summed E-state index contributed by atoms with van der Waals surface area (Å²) in [6.07, 6.45) is 5.99. The molecule has 4 aromatic heterocycles. The van der Waals surface area contributed by atoms with Crippen LogP contribution in [0.3, 0.4) is 0 Å². The fraction of sp³-hybridized carbons (Fsp3) is 0.391. The number of fused-ring (bicyclic) bond motifs is 2. The van der Waals surface area contributed by atoms with Crippen LogP contribution in [0.25, 0.3) is 28.1 Å². The number of ether oxygens (including phenoxy) is 1. The van der Waals surface area contributed by atoms with Crippen molar-refractivity contribution in [1.29, 1.82) is 5.26 Å². The molecule has 0 bridgehead atoms. The van der Waals surface area contributed by atoms with Crippen LogP contribution in [0, 0.1) is 11.3 Å². The molecule has 11 nitrogen and oxygen atoms in total. The van der Waals surface area contributed by atoms with Crippen LogP contribution in [0.1, 0.15) is 45.2 Å². The lowest BCUT2D eigenvalue weighted by Gasteiger charge is -2.34. The van der Waals surface area contributed by atoms with Crippen molar-refractivity contribution in [3.05, 3.63) is 46.8 Å². The minimum absolute atomic E-state index is 0.251. The minimum atomic E-state index is -0.594. The Hall–Kier alpha value is -4.20. The predicted molar refractivity (Wildman–Crippen MR) is 123 cm³/mol. The largest absolute Gasteiger partial charge is 0.444 e. The molecule has 0 radical (unpaired) electrons. The number of amides is 1. The maximum absolute atomic E-state index is 12.9. The Morgan fingerprint density at radius 3 is 2.91 bits per heavy atom. The van der Waals surface area contributed by atoms with E-state index in [-0.39, 0.29) is 17.8 Å². The number of aromatic amines is 1. The van der Waals surface area contributed by atoms with Gasteiger partial charge in [0.1, 0.15) is 11.1 Å². The van der Waals surface area contributed by atoms with Crippen molar-refractivity contribution in [2.24, 2.45) is 0 Å². The Balaban J connectivity index is 1.53. The van der Waals surface area contributed by atoms with Crippen LogP contribution < -0.4 is 5.69 Å². The highest BCUT2D eigenvalue weighted by Gasteiger charge is 2.30. The van der Waals surface area contributed by atoms with Gasteiger partial charge in [0.25, 0.3) is 0 Å². The highest BCUT2D eigenvalue weighted by Crippen LogP contribution is 2.27. The van der Waals surface area contributed by atoms with Gasteiger partial charge in [0.05, 0.1) is 41.1 Å². The van der Waals surface area contributed by atoms with E-state index in [4.69, 9.17) is 9.72 Å². The maximum Gasteiger partial charge on any atom is 0.410 e. The van der Waals surface area contributed by atoms with Gasteiger partial charge in [-0.3, -0.25) is 4.57 Å². The molecular formula is C23H24N8O3. The number of carbonyl (C=O) groups excluding carboxylic acids is 1. The van der Waals surface area contributed by atoms with Crippen LogP contribution in [0.5, 0.6) is 0 Å². The molecule has 0 saturated carbocycles. The van der Waals surface area contributed by atoms with E-state index >= 15 is 0 Å². The molecule has 0 unspecified atom stereocenters. The van der Waals surface area contributed by atoms with Crippen LogP contribution in [0.4, 0.5) is 4.79 Å². The van der Waals surface area contributed by atoms with Crippen molar-refractivity contribution >= 4 is 22.8 Å². The maximum atomic E-state index is 12.9. The van der Waals surface area contributed by atoms with E-state index in [1.54, 1.807) is 44.7 Å². The van der Waals surface area contributed by atoms with Crippen molar-refractivity contribution in [1.82, 2.24) is 34.0 Å². The number of imidazole rings is 1. The molecule has 1 amide bonds. The summed E-state index contributed by atoms with van der Waals surface area (Å²) < 4.78 is 8.77. The van der Waals surface area contributed by atoms with Gasteiger partial charge < -0.3 is 14.6 Å². The number of pyridine rings is 1. The molecule has 1 atom stereocenters. The molecule has 1 aliphatic rings. The number of rotatable bonds is 2. The fourth-order valence-corrected chi connectivity index (χ4v) is 4.27. The number of hydrogen-bond donors (Lipinski definition) is 1. The number of aromatic nitrogens is 6. The Bertz CT molecular complexity index is 1500. The highest BCUT2D eigenvalue weighted by atomic mass is 16.6. The Kier molecular flexibility index (Phi) is 5.08. The van der Waals surface area contributed by atoms with Crippen molar-refractivity contribution in [2.75, 3.05) is 13.1 Å². The first-order valence-electron chi connectivity index (χ1n) is 11.1. The molecule has 4 aromatic rings. The zero-order valence-corrected chi connectivity index (χ0v) is 19.1. The van der Waals surface area contributed by atoms with Gasteiger partial charge in [-0.1, -0.05) is 0 Å². The summed E-state index contributed by atoms with van der Waals surface area (Å²) in [7, 11) is 0. The van der Waals surface area contributed by atoms with Crippen molar-refractivity contribution in [3.8, 4) is 17.5 Å². The molecule has 11 heteroatoms. The molecule has 1 aliphatic heterocycles. The first-order valence-corrected chi connectivity index (χ1v) is 11.1. The number of carbonyl (C=O) groups is 1.